The Morgan fingerprint density at radius 1 is 0.404 bits per heavy atom. The zero-order valence-electron chi connectivity index (χ0n) is 25.6. The van der Waals surface area contributed by atoms with Gasteiger partial charge in [0.25, 0.3) is 0 Å². The number of hydrogen-bond donors (Lipinski definition) is 0. The molecule has 0 amide bonds. The zero-order chi connectivity index (χ0) is 31.2. The lowest BCUT2D eigenvalue weighted by Gasteiger charge is -2.26. The number of benzene rings is 7. The van der Waals surface area contributed by atoms with E-state index in [9.17, 15) is 0 Å². The van der Waals surface area contributed by atoms with Gasteiger partial charge in [0.05, 0.1) is 27.8 Å². The van der Waals surface area contributed by atoms with Gasteiger partial charge in [-0.15, -0.1) is 0 Å². The summed E-state index contributed by atoms with van der Waals surface area (Å²) in [7, 11) is 0. The maximum absolute atomic E-state index is 5.04. The lowest BCUT2D eigenvalue weighted by Crippen LogP contribution is -2.10. The normalized spacial score (nSPS) is 11.4. The second kappa shape index (κ2) is 11.2. The minimum Gasteiger partial charge on any atom is -0.310 e. The maximum Gasteiger partial charge on any atom is 0.145 e. The molecule has 0 N–H and O–H groups in total. The molecular formula is C43H30N4. The first-order chi connectivity index (χ1) is 23.3. The zero-order valence-corrected chi connectivity index (χ0v) is 25.6. The van der Waals surface area contributed by atoms with Gasteiger partial charge in [-0.25, -0.2) is 4.98 Å². The summed E-state index contributed by atoms with van der Waals surface area (Å²) in [6.07, 6.45) is 0. The first-order valence-electron chi connectivity index (χ1n) is 15.9. The van der Waals surface area contributed by atoms with E-state index in [1.165, 1.54) is 16.3 Å². The van der Waals surface area contributed by atoms with E-state index in [1.54, 1.807) is 0 Å². The molecule has 0 atom stereocenters. The van der Waals surface area contributed by atoms with Crippen molar-refractivity contribution in [3.63, 3.8) is 0 Å². The smallest absolute Gasteiger partial charge is 0.145 e. The average molecular weight is 603 g/mol. The fourth-order valence-electron chi connectivity index (χ4n) is 6.87. The maximum atomic E-state index is 5.04. The molecule has 0 aliphatic rings. The molecule has 2 aromatic heterocycles. The van der Waals surface area contributed by atoms with Gasteiger partial charge in [0.2, 0.25) is 0 Å². The molecule has 0 radical (unpaired) electrons. The Labute approximate surface area is 273 Å². The summed E-state index contributed by atoms with van der Waals surface area (Å²) in [5.74, 6) is 0.933. The van der Waals surface area contributed by atoms with Gasteiger partial charge >= 0.3 is 0 Å². The Hall–Kier alpha value is -6.39. The van der Waals surface area contributed by atoms with Crippen molar-refractivity contribution in [1.82, 2.24) is 14.1 Å². The summed E-state index contributed by atoms with van der Waals surface area (Å²) in [6.45, 7) is 0. The molecule has 0 aliphatic heterocycles. The fourth-order valence-corrected chi connectivity index (χ4v) is 6.87. The molecule has 0 spiro atoms. The van der Waals surface area contributed by atoms with Crippen molar-refractivity contribution in [3.05, 3.63) is 182 Å². The molecule has 9 rings (SSSR count). The highest BCUT2D eigenvalue weighted by molar-refractivity contribution is 6.16. The SMILES string of the molecule is c1ccc(-c2nc3ccccc3n2-c2ccc(-n3c4ccccc4c4c(N(c5ccccc5)c5ccccc5)cccc43)cc2)cc1. The summed E-state index contributed by atoms with van der Waals surface area (Å²) >= 11 is 0. The monoisotopic (exact) mass is 602 g/mol. The molecule has 4 heteroatoms. The van der Waals surface area contributed by atoms with Crippen molar-refractivity contribution in [2.75, 3.05) is 4.90 Å². The lowest BCUT2D eigenvalue weighted by atomic mass is 10.1. The summed E-state index contributed by atoms with van der Waals surface area (Å²) in [5.41, 5.74) is 11.0. The summed E-state index contributed by atoms with van der Waals surface area (Å²) < 4.78 is 4.65. The van der Waals surface area contributed by atoms with E-state index in [0.29, 0.717) is 0 Å². The van der Waals surface area contributed by atoms with Crippen molar-refractivity contribution in [3.8, 4) is 22.8 Å². The lowest BCUT2D eigenvalue weighted by molar-refractivity contribution is 1.09. The second-order valence-corrected chi connectivity index (χ2v) is 11.7. The van der Waals surface area contributed by atoms with E-state index < -0.39 is 0 Å². The molecule has 0 aliphatic carbocycles. The highest BCUT2D eigenvalue weighted by atomic mass is 15.1. The van der Waals surface area contributed by atoms with Gasteiger partial charge in [0, 0.05) is 39.1 Å². The van der Waals surface area contributed by atoms with Crippen LogP contribution in [0.3, 0.4) is 0 Å². The predicted molar refractivity (Wildman–Crippen MR) is 196 cm³/mol. The van der Waals surface area contributed by atoms with Crippen molar-refractivity contribution >= 4 is 49.9 Å². The molecule has 0 saturated carbocycles. The van der Waals surface area contributed by atoms with Gasteiger partial charge < -0.3 is 9.47 Å². The minimum atomic E-state index is 0.933. The Morgan fingerprint density at radius 3 is 1.62 bits per heavy atom. The Balaban J connectivity index is 1.24. The first kappa shape index (κ1) is 27.0. The predicted octanol–water partition coefficient (Wildman–Crippen LogP) is 11.3. The molecule has 222 valence electrons. The first-order valence-corrected chi connectivity index (χ1v) is 15.9. The topological polar surface area (TPSA) is 26.0 Å². The van der Waals surface area contributed by atoms with Crippen LogP contribution in [0.4, 0.5) is 17.1 Å². The molecule has 7 aromatic carbocycles. The minimum absolute atomic E-state index is 0.933. The Kier molecular flexibility index (Phi) is 6.43. The molecule has 9 aromatic rings. The summed E-state index contributed by atoms with van der Waals surface area (Å²) in [5, 5.41) is 2.43. The van der Waals surface area contributed by atoms with Gasteiger partial charge in [-0.1, -0.05) is 103 Å². The van der Waals surface area contributed by atoms with Crippen LogP contribution in [0.1, 0.15) is 0 Å². The molecule has 0 saturated heterocycles. The number of aromatic nitrogens is 3. The Bertz CT molecular complexity index is 2450. The van der Waals surface area contributed by atoms with Crippen LogP contribution >= 0.6 is 0 Å². The molecule has 4 nitrogen and oxygen atoms in total. The molecule has 0 unspecified atom stereocenters. The number of nitrogens with zero attached hydrogens (tertiary/aromatic N) is 4. The molecular weight excluding hydrogens is 573 g/mol. The van der Waals surface area contributed by atoms with Gasteiger partial charge in [-0.2, -0.15) is 0 Å². The van der Waals surface area contributed by atoms with E-state index in [4.69, 9.17) is 4.98 Å². The molecule has 0 bridgehead atoms. The van der Waals surface area contributed by atoms with Crippen LogP contribution < -0.4 is 4.90 Å². The van der Waals surface area contributed by atoms with E-state index in [-0.39, 0.29) is 0 Å². The summed E-state index contributed by atoms with van der Waals surface area (Å²) in [4.78, 5) is 7.40. The van der Waals surface area contributed by atoms with Gasteiger partial charge in [0.1, 0.15) is 5.82 Å². The number of para-hydroxylation sites is 5. The highest BCUT2D eigenvalue weighted by Crippen LogP contribution is 2.43. The van der Waals surface area contributed by atoms with Crippen LogP contribution in [0.25, 0.3) is 55.6 Å². The third kappa shape index (κ3) is 4.50. The van der Waals surface area contributed by atoms with E-state index in [0.717, 1.165) is 56.4 Å². The Morgan fingerprint density at radius 2 is 0.936 bits per heavy atom. The quantitative estimate of drug-likeness (QED) is 0.189. The highest BCUT2D eigenvalue weighted by Gasteiger charge is 2.21. The largest absolute Gasteiger partial charge is 0.310 e. The van der Waals surface area contributed by atoms with Crippen LogP contribution in [0.15, 0.2) is 182 Å². The molecule has 47 heavy (non-hydrogen) atoms. The average Bonchev–Trinajstić information content (AvgIpc) is 3.70. The number of anilines is 3. The van der Waals surface area contributed by atoms with E-state index in [2.05, 4.69) is 184 Å². The van der Waals surface area contributed by atoms with Crippen LogP contribution in [0, 0.1) is 0 Å². The molecule has 2 heterocycles. The van der Waals surface area contributed by atoms with Crippen molar-refractivity contribution < 1.29 is 0 Å². The van der Waals surface area contributed by atoms with Crippen LogP contribution in [-0.2, 0) is 0 Å². The fraction of sp³-hybridized carbons (Fsp3) is 0. The number of rotatable bonds is 6. The van der Waals surface area contributed by atoms with Gasteiger partial charge in [-0.05, 0) is 78.9 Å². The second-order valence-electron chi connectivity index (χ2n) is 11.7. The number of hydrogen-bond acceptors (Lipinski definition) is 2. The number of fused-ring (bicyclic) bond motifs is 4. The van der Waals surface area contributed by atoms with Crippen molar-refractivity contribution in [2.24, 2.45) is 0 Å². The van der Waals surface area contributed by atoms with Crippen LogP contribution in [0.2, 0.25) is 0 Å². The van der Waals surface area contributed by atoms with E-state index in [1.807, 2.05) is 12.1 Å². The van der Waals surface area contributed by atoms with E-state index >= 15 is 0 Å². The van der Waals surface area contributed by atoms with Crippen LogP contribution in [-0.4, -0.2) is 14.1 Å². The summed E-state index contributed by atoms with van der Waals surface area (Å²) in [6, 6.07) is 64.2. The third-order valence-corrected chi connectivity index (χ3v) is 8.90. The third-order valence-electron chi connectivity index (χ3n) is 8.90. The molecule has 0 fully saturated rings. The van der Waals surface area contributed by atoms with Gasteiger partial charge in [-0.3, -0.25) is 4.57 Å². The number of imidazole rings is 1. The standard InChI is InChI=1S/C43H30N4/c1-4-15-31(16-5-1)43-44-37-22-11-13-24-39(37)47(43)35-29-27-34(28-30-35)46-38-23-12-10-21-36(38)42-40(25-14-26-41(42)46)45(32-17-6-2-7-18-32)33-19-8-3-9-20-33/h1-30H. The van der Waals surface area contributed by atoms with Crippen molar-refractivity contribution in [1.29, 1.82) is 0 Å². The van der Waals surface area contributed by atoms with Crippen LogP contribution in [0.5, 0.6) is 0 Å². The van der Waals surface area contributed by atoms with Gasteiger partial charge in [0.15, 0.2) is 0 Å². The van der Waals surface area contributed by atoms with Crippen molar-refractivity contribution in [2.45, 2.75) is 0 Å².